The fourth-order valence-electron chi connectivity index (χ4n) is 2.77. The molecule has 0 aliphatic carbocycles. The Kier molecular flexibility index (Phi) is 5.77. The molecule has 4 rings (SSSR count). The molecule has 0 unspecified atom stereocenters. The van der Waals surface area contributed by atoms with Crippen LogP contribution in [0.25, 0.3) is 10.2 Å². The summed E-state index contributed by atoms with van der Waals surface area (Å²) in [6, 6.07) is 17.4. The van der Waals surface area contributed by atoms with E-state index in [1.165, 1.54) is 23.1 Å². The first-order valence-corrected chi connectivity index (χ1v) is 10.8. The summed E-state index contributed by atoms with van der Waals surface area (Å²) < 4.78 is 8.80. The molecule has 0 radical (unpaired) electrons. The lowest BCUT2D eigenvalue weighted by molar-refractivity contribution is -0.113. The van der Waals surface area contributed by atoms with Gasteiger partial charge in [0.25, 0.3) is 0 Å². The van der Waals surface area contributed by atoms with Gasteiger partial charge in [0.1, 0.15) is 5.75 Å². The lowest BCUT2D eigenvalue weighted by Crippen LogP contribution is -2.14. The molecule has 0 fully saturated rings. The first-order valence-electron chi connectivity index (χ1n) is 8.99. The van der Waals surface area contributed by atoms with Crippen molar-refractivity contribution < 1.29 is 9.53 Å². The molecule has 1 amide bonds. The molecule has 9 heteroatoms. The van der Waals surface area contributed by atoms with Gasteiger partial charge in [0.2, 0.25) is 5.91 Å². The van der Waals surface area contributed by atoms with E-state index < -0.39 is 0 Å². The molecule has 148 valence electrons. The molecule has 0 aliphatic rings. The molecule has 0 spiro atoms. The Hall–Kier alpha value is -2.91. The minimum absolute atomic E-state index is 0.132. The largest absolute Gasteiger partial charge is 0.483 e. The SMILES string of the molecule is C[C@@H](Oc1ccccc1)c1nnc(SCC(=O)Nc2nc3ccccc3s2)n1C. The zero-order chi connectivity index (χ0) is 20.2. The van der Waals surface area contributed by atoms with E-state index in [0.29, 0.717) is 16.1 Å². The molecule has 2 heterocycles. The Labute approximate surface area is 176 Å². The predicted molar refractivity (Wildman–Crippen MR) is 115 cm³/mol. The van der Waals surface area contributed by atoms with Crippen LogP contribution in [0.1, 0.15) is 18.9 Å². The number of benzene rings is 2. The molecule has 2 aromatic carbocycles. The van der Waals surface area contributed by atoms with Crippen LogP contribution in [-0.2, 0) is 11.8 Å². The van der Waals surface area contributed by atoms with E-state index in [9.17, 15) is 4.79 Å². The van der Waals surface area contributed by atoms with Crippen LogP contribution >= 0.6 is 23.1 Å². The normalized spacial score (nSPS) is 12.1. The van der Waals surface area contributed by atoms with Gasteiger partial charge in [-0.2, -0.15) is 0 Å². The highest BCUT2D eigenvalue weighted by Crippen LogP contribution is 2.26. The van der Waals surface area contributed by atoms with Crippen LogP contribution < -0.4 is 10.1 Å². The standard InChI is InChI=1S/C20H19N5O2S2/c1-13(27-14-8-4-3-5-9-14)18-23-24-20(25(18)2)28-12-17(26)22-19-21-15-10-6-7-11-16(15)29-19/h3-11,13H,12H2,1-2H3,(H,21,22,26)/t13-/m1/s1. The van der Waals surface area contributed by atoms with Crippen LogP contribution in [0, 0.1) is 0 Å². The summed E-state index contributed by atoms with van der Waals surface area (Å²) in [7, 11) is 1.87. The number of thiazole rings is 1. The number of anilines is 1. The van der Waals surface area contributed by atoms with Crippen LogP contribution in [0.5, 0.6) is 5.75 Å². The van der Waals surface area contributed by atoms with Crippen molar-refractivity contribution in [3.8, 4) is 5.75 Å². The van der Waals surface area contributed by atoms with Gasteiger partial charge in [-0.25, -0.2) is 4.98 Å². The minimum atomic E-state index is -0.263. The Morgan fingerprint density at radius 1 is 1.17 bits per heavy atom. The number of carbonyl (C=O) groups is 1. The lowest BCUT2D eigenvalue weighted by atomic mass is 10.3. The Bertz CT molecular complexity index is 1090. The van der Waals surface area contributed by atoms with Gasteiger partial charge in [-0.1, -0.05) is 53.4 Å². The number of para-hydroxylation sites is 2. The van der Waals surface area contributed by atoms with Gasteiger partial charge < -0.3 is 14.6 Å². The molecule has 0 saturated heterocycles. The number of amides is 1. The summed E-state index contributed by atoms with van der Waals surface area (Å²) in [4.78, 5) is 16.7. The second-order valence-electron chi connectivity index (χ2n) is 6.30. The van der Waals surface area contributed by atoms with Gasteiger partial charge >= 0.3 is 0 Å². The van der Waals surface area contributed by atoms with E-state index >= 15 is 0 Å². The Morgan fingerprint density at radius 2 is 1.93 bits per heavy atom. The molecule has 2 aromatic heterocycles. The minimum Gasteiger partial charge on any atom is -0.483 e. The first kappa shape index (κ1) is 19.4. The van der Waals surface area contributed by atoms with Crippen molar-refractivity contribution in [2.75, 3.05) is 11.1 Å². The number of ether oxygens (including phenoxy) is 1. The van der Waals surface area contributed by atoms with Gasteiger partial charge in [-0.3, -0.25) is 4.79 Å². The first-order chi connectivity index (χ1) is 14.1. The van der Waals surface area contributed by atoms with Crippen molar-refractivity contribution in [2.24, 2.45) is 7.05 Å². The number of carbonyl (C=O) groups excluding carboxylic acids is 1. The highest BCUT2D eigenvalue weighted by atomic mass is 32.2. The van der Waals surface area contributed by atoms with Crippen molar-refractivity contribution >= 4 is 44.4 Å². The summed E-state index contributed by atoms with van der Waals surface area (Å²) in [5.41, 5.74) is 0.880. The number of hydrogen-bond acceptors (Lipinski definition) is 7. The molecule has 29 heavy (non-hydrogen) atoms. The molecule has 4 aromatic rings. The molecule has 0 saturated carbocycles. The summed E-state index contributed by atoms with van der Waals surface area (Å²) in [5, 5.41) is 12.5. The number of rotatable bonds is 7. The summed E-state index contributed by atoms with van der Waals surface area (Å²) in [5.74, 6) is 1.55. The molecular weight excluding hydrogens is 406 g/mol. The third-order valence-electron chi connectivity index (χ3n) is 4.16. The van der Waals surface area contributed by atoms with Crippen molar-refractivity contribution in [2.45, 2.75) is 18.2 Å². The van der Waals surface area contributed by atoms with Crippen molar-refractivity contribution in [1.82, 2.24) is 19.7 Å². The number of nitrogens with one attached hydrogen (secondary N) is 1. The quantitative estimate of drug-likeness (QED) is 0.445. The third kappa shape index (κ3) is 4.57. The molecule has 1 N–H and O–H groups in total. The van der Waals surface area contributed by atoms with Gasteiger partial charge in [-0.15, -0.1) is 10.2 Å². The number of hydrogen-bond donors (Lipinski definition) is 1. The number of fused-ring (bicyclic) bond motifs is 1. The van der Waals surface area contributed by atoms with Crippen LogP contribution in [0.4, 0.5) is 5.13 Å². The number of thioether (sulfide) groups is 1. The Morgan fingerprint density at radius 3 is 2.72 bits per heavy atom. The average molecular weight is 426 g/mol. The van der Waals surface area contributed by atoms with Crippen LogP contribution in [0.2, 0.25) is 0 Å². The van der Waals surface area contributed by atoms with Crippen LogP contribution in [0.3, 0.4) is 0 Å². The zero-order valence-corrected chi connectivity index (χ0v) is 17.5. The molecule has 0 bridgehead atoms. The van der Waals surface area contributed by atoms with E-state index in [0.717, 1.165) is 16.0 Å². The average Bonchev–Trinajstić information content (AvgIpc) is 3.29. The highest BCUT2D eigenvalue weighted by Gasteiger charge is 2.18. The summed E-state index contributed by atoms with van der Waals surface area (Å²) in [6.45, 7) is 1.92. The van der Waals surface area contributed by atoms with E-state index in [2.05, 4.69) is 20.5 Å². The van der Waals surface area contributed by atoms with Crippen LogP contribution in [-0.4, -0.2) is 31.4 Å². The van der Waals surface area contributed by atoms with Crippen molar-refractivity contribution in [3.63, 3.8) is 0 Å². The van der Waals surface area contributed by atoms with E-state index in [4.69, 9.17) is 4.74 Å². The smallest absolute Gasteiger partial charge is 0.236 e. The number of aromatic nitrogens is 4. The fraction of sp³-hybridized carbons (Fsp3) is 0.200. The van der Waals surface area contributed by atoms with E-state index in [1.54, 1.807) is 0 Å². The topological polar surface area (TPSA) is 81.9 Å². The highest BCUT2D eigenvalue weighted by molar-refractivity contribution is 7.99. The molecular formula is C20H19N5O2S2. The number of nitrogens with zero attached hydrogens (tertiary/aromatic N) is 4. The third-order valence-corrected chi connectivity index (χ3v) is 6.13. The maximum absolute atomic E-state index is 12.3. The van der Waals surface area contributed by atoms with Crippen molar-refractivity contribution in [3.05, 3.63) is 60.4 Å². The van der Waals surface area contributed by atoms with Gasteiger partial charge in [0, 0.05) is 7.05 Å². The summed E-state index contributed by atoms with van der Waals surface area (Å²) >= 11 is 2.78. The second-order valence-corrected chi connectivity index (χ2v) is 8.27. The van der Waals surface area contributed by atoms with Gasteiger partial charge in [0.05, 0.1) is 16.0 Å². The molecule has 0 aliphatic heterocycles. The lowest BCUT2D eigenvalue weighted by Gasteiger charge is -2.14. The predicted octanol–water partition coefficient (Wildman–Crippen LogP) is 4.30. The maximum Gasteiger partial charge on any atom is 0.236 e. The monoisotopic (exact) mass is 425 g/mol. The van der Waals surface area contributed by atoms with Crippen LogP contribution in [0.15, 0.2) is 59.8 Å². The van der Waals surface area contributed by atoms with Gasteiger partial charge in [-0.05, 0) is 31.2 Å². The molecule has 1 atom stereocenters. The maximum atomic E-state index is 12.3. The zero-order valence-electron chi connectivity index (χ0n) is 15.9. The molecule has 7 nitrogen and oxygen atoms in total. The summed E-state index contributed by atoms with van der Waals surface area (Å²) in [6.07, 6.45) is -0.263. The second kappa shape index (κ2) is 8.62. The van der Waals surface area contributed by atoms with Crippen molar-refractivity contribution in [1.29, 1.82) is 0 Å². The Balaban J connectivity index is 1.35. The van der Waals surface area contributed by atoms with E-state index in [1.807, 2.05) is 73.1 Å². The van der Waals surface area contributed by atoms with E-state index in [-0.39, 0.29) is 17.8 Å². The van der Waals surface area contributed by atoms with Gasteiger partial charge in [0.15, 0.2) is 22.2 Å². The fourth-order valence-corrected chi connectivity index (χ4v) is 4.37.